The van der Waals surface area contributed by atoms with Crippen molar-refractivity contribution in [3.05, 3.63) is 63.5 Å². The first-order valence-electron chi connectivity index (χ1n) is 5.69. The molecule has 2 rings (SSSR count). The molecule has 5 heteroatoms. The summed E-state index contributed by atoms with van der Waals surface area (Å²) in [4.78, 5) is 10.5. The number of para-hydroxylation sites is 1. The third-order valence-corrected chi connectivity index (χ3v) is 3.09. The first-order valence-corrected chi connectivity index (χ1v) is 6.77. The lowest BCUT2D eigenvalue weighted by Gasteiger charge is -2.10. The number of carbonyl (C=O) groups is 1. The molecule has 2 aromatic carbocycles. The Morgan fingerprint density at radius 1 is 1.25 bits per heavy atom. The molecule has 0 spiro atoms. The highest BCUT2D eigenvalue weighted by atomic mass is 127. The van der Waals surface area contributed by atoms with Crippen molar-refractivity contribution in [2.75, 3.05) is 0 Å². The Labute approximate surface area is 128 Å². The molecule has 1 N–H and O–H groups in total. The van der Waals surface area contributed by atoms with Gasteiger partial charge in [0.2, 0.25) is 0 Å². The van der Waals surface area contributed by atoms with Crippen LogP contribution in [0.4, 0.5) is 4.39 Å². The summed E-state index contributed by atoms with van der Waals surface area (Å²) >= 11 is 2.13. The highest BCUT2D eigenvalue weighted by Gasteiger charge is 2.09. The second-order valence-electron chi connectivity index (χ2n) is 3.89. The lowest BCUT2D eigenvalue weighted by Crippen LogP contribution is -1.93. The topological polar surface area (TPSA) is 46.5 Å². The highest BCUT2D eigenvalue weighted by molar-refractivity contribution is 14.1. The monoisotopic (exact) mass is 384 g/mol. The van der Waals surface area contributed by atoms with E-state index in [1.54, 1.807) is 24.3 Å². The highest BCUT2D eigenvalue weighted by Crippen LogP contribution is 2.30. The van der Waals surface area contributed by atoms with Crippen LogP contribution in [-0.4, -0.2) is 11.1 Å². The summed E-state index contributed by atoms with van der Waals surface area (Å²) in [5.41, 5.74) is 0.367. The van der Waals surface area contributed by atoms with Gasteiger partial charge < -0.3 is 9.84 Å². The Balaban J connectivity index is 2.37. The molecule has 0 bridgehead atoms. The maximum atomic E-state index is 13.9. The lowest BCUT2D eigenvalue weighted by atomic mass is 10.1. The fourth-order valence-electron chi connectivity index (χ4n) is 1.57. The van der Waals surface area contributed by atoms with Crippen molar-refractivity contribution in [3.8, 4) is 11.5 Å². The zero-order valence-electron chi connectivity index (χ0n) is 10.2. The van der Waals surface area contributed by atoms with Crippen molar-refractivity contribution in [1.82, 2.24) is 0 Å². The molecule has 0 amide bonds. The van der Waals surface area contributed by atoms with Crippen LogP contribution in [0.2, 0.25) is 0 Å². The van der Waals surface area contributed by atoms with Crippen molar-refractivity contribution in [2.45, 2.75) is 0 Å². The third kappa shape index (κ3) is 3.80. The van der Waals surface area contributed by atoms with E-state index in [1.165, 1.54) is 18.2 Å². The molecular formula is C15H10FIO3. The summed E-state index contributed by atoms with van der Waals surface area (Å²) in [6.45, 7) is 0. The Hall–Kier alpha value is -1.89. The minimum Gasteiger partial charge on any atom is -0.478 e. The molecular weight excluding hydrogens is 374 g/mol. The molecule has 0 unspecified atom stereocenters. The second kappa shape index (κ2) is 6.51. The number of hydrogen-bond donors (Lipinski definition) is 1. The van der Waals surface area contributed by atoms with Crippen molar-refractivity contribution in [3.63, 3.8) is 0 Å². The van der Waals surface area contributed by atoms with Gasteiger partial charge in [-0.15, -0.1) is 0 Å². The molecule has 3 nitrogen and oxygen atoms in total. The van der Waals surface area contributed by atoms with Crippen LogP contribution in [0.3, 0.4) is 0 Å². The summed E-state index contributed by atoms with van der Waals surface area (Å²) in [5.74, 6) is -1.15. The van der Waals surface area contributed by atoms with E-state index in [9.17, 15) is 9.18 Å². The molecule has 0 aliphatic rings. The van der Waals surface area contributed by atoms with Gasteiger partial charge in [-0.2, -0.15) is 0 Å². The summed E-state index contributed by atoms with van der Waals surface area (Å²) < 4.78 is 20.3. The number of aliphatic carboxylic acids is 1. The van der Waals surface area contributed by atoms with E-state index in [1.807, 2.05) is 6.07 Å². The molecule has 0 aromatic heterocycles. The van der Waals surface area contributed by atoms with Crippen molar-refractivity contribution in [1.29, 1.82) is 0 Å². The Morgan fingerprint density at radius 3 is 2.70 bits per heavy atom. The molecule has 0 atom stereocenters. The molecule has 20 heavy (non-hydrogen) atoms. The molecule has 102 valence electrons. The molecule has 0 saturated carbocycles. The van der Waals surface area contributed by atoms with E-state index in [0.717, 1.165) is 9.65 Å². The van der Waals surface area contributed by atoms with Gasteiger partial charge in [0.1, 0.15) is 5.75 Å². The SMILES string of the molecule is O=C(O)/C=C/c1cccc(F)c1Oc1cccc(I)c1. The van der Waals surface area contributed by atoms with Crippen LogP contribution in [0, 0.1) is 9.39 Å². The number of ether oxygens (including phenoxy) is 1. The summed E-state index contributed by atoms with van der Waals surface area (Å²) in [5, 5.41) is 8.64. The van der Waals surface area contributed by atoms with Crippen LogP contribution >= 0.6 is 22.6 Å². The summed E-state index contributed by atoms with van der Waals surface area (Å²) in [7, 11) is 0. The van der Waals surface area contributed by atoms with Gasteiger partial charge in [0.15, 0.2) is 11.6 Å². The number of hydrogen-bond acceptors (Lipinski definition) is 2. The van der Waals surface area contributed by atoms with Crippen molar-refractivity contribution >= 4 is 34.6 Å². The van der Waals surface area contributed by atoms with E-state index in [0.29, 0.717) is 11.3 Å². The van der Waals surface area contributed by atoms with Gasteiger partial charge in [0.25, 0.3) is 0 Å². The zero-order chi connectivity index (χ0) is 14.5. The fourth-order valence-corrected chi connectivity index (χ4v) is 2.09. The quantitative estimate of drug-likeness (QED) is 0.631. The van der Waals surface area contributed by atoms with Gasteiger partial charge in [0.05, 0.1) is 0 Å². The second-order valence-corrected chi connectivity index (χ2v) is 5.13. The summed E-state index contributed by atoms with van der Waals surface area (Å²) in [6.07, 6.45) is 2.24. The van der Waals surface area contributed by atoms with Crippen LogP contribution in [-0.2, 0) is 4.79 Å². The minimum atomic E-state index is -1.10. The maximum absolute atomic E-state index is 13.9. The molecule has 0 saturated heterocycles. The van der Waals surface area contributed by atoms with Crippen LogP contribution in [0.25, 0.3) is 6.08 Å². The van der Waals surface area contributed by atoms with Crippen molar-refractivity contribution < 1.29 is 19.0 Å². The lowest BCUT2D eigenvalue weighted by molar-refractivity contribution is -0.131. The molecule has 0 aliphatic heterocycles. The molecule has 0 fully saturated rings. The standard InChI is InChI=1S/C15H10FIO3/c16-13-6-1-3-10(7-8-14(18)19)15(13)20-12-5-2-4-11(17)9-12/h1-9H,(H,18,19)/b8-7+. The van der Waals surface area contributed by atoms with E-state index in [-0.39, 0.29) is 5.75 Å². The average molecular weight is 384 g/mol. The average Bonchev–Trinajstić information content (AvgIpc) is 2.39. The Morgan fingerprint density at radius 2 is 2.00 bits per heavy atom. The predicted molar refractivity (Wildman–Crippen MR) is 82.3 cm³/mol. The van der Waals surface area contributed by atoms with E-state index in [2.05, 4.69) is 22.6 Å². The number of carboxylic acids is 1. The van der Waals surface area contributed by atoms with Crippen LogP contribution in [0.1, 0.15) is 5.56 Å². The largest absolute Gasteiger partial charge is 0.478 e. The molecule has 2 aromatic rings. The number of carboxylic acid groups (broad SMARTS) is 1. The number of benzene rings is 2. The van der Waals surface area contributed by atoms with E-state index < -0.39 is 11.8 Å². The summed E-state index contributed by atoms with van der Waals surface area (Å²) in [6, 6.07) is 11.5. The van der Waals surface area contributed by atoms with Crippen molar-refractivity contribution in [2.24, 2.45) is 0 Å². The Kier molecular flexibility index (Phi) is 4.73. The Bertz CT molecular complexity index is 668. The first-order chi connectivity index (χ1) is 9.56. The minimum absolute atomic E-state index is 0.00648. The van der Waals surface area contributed by atoms with E-state index >= 15 is 0 Å². The first kappa shape index (κ1) is 14.5. The van der Waals surface area contributed by atoms with Gasteiger partial charge in [-0.1, -0.05) is 18.2 Å². The zero-order valence-corrected chi connectivity index (χ0v) is 12.4. The van der Waals surface area contributed by atoms with Crippen LogP contribution < -0.4 is 4.74 Å². The normalized spacial score (nSPS) is 10.7. The smallest absolute Gasteiger partial charge is 0.328 e. The van der Waals surface area contributed by atoms with Crippen LogP contribution in [0.5, 0.6) is 11.5 Å². The van der Waals surface area contributed by atoms with Gasteiger partial charge in [-0.3, -0.25) is 0 Å². The van der Waals surface area contributed by atoms with E-state index in [4.69, 9.17) is 9.84 Å². The van der Waals surface area contributed by atoms with Gasteiger partial charge >= 0.3 is 5.97 Å². The van der Waals surface area contributed by atoms with Gasteiger partial charge in [-0.25, -0.2) is 9.18 Å². The number of rotatable bonds is 4. The third-order valence-electron chi connectivity index (χ3n) is 2.42. The molecule has 0 radical (unpaired) electrons. The van der Waals surface area contributed by atoms with Crippen LogP contribution in [0.15, 0.2) is 48.5 Å². The fraction of sp³-hybridized carbons (Fsp3) is 0. The van der Waals surface area contributed by atoms with Gasteiger partial charge in [0, 0.05) is 15.2 Å². The maximum Gasteiger partial charge on any atom is 0.328 e. The number of halogens is 2. The van der Waals surface area contributed by atoms with Gasteiger partial charge in [-0.05, 0) is 52.9 Å². The predicted octanol–water partition coefficient (Wildman–Crippen LogP) is 4.32. The molecule has 0 heterocycles. The molecule has 0 aliphatic carbocycles.